The molecule has 2 aromatic carbocycles. The third kappa shape index (κ3) is 4.80. The van der Waals surface area contributed by atoms with Gasteiger partial charge in [-0.1, -0.05) is 68.4 Å². The summed E-state index contributed by atoms with van der Waals surface area (Å²) in [6, 6.07) is 18.3. The van der Waals surface area contributed by atoms with Gasteiger partial charge < -0.3 is 5.73 Å². The van der Waals surface area contributed by atoms with Crippen LogP contribution in [-0.4, -0.2) is 15.7 Å². The van der Waals surface area contributed by atoms with Crippen LogP contribution in [0, 0.1) is 5.92 Å². The SMILES string of the molecule is CC(C)CS(=O)CC(N)c1ccc(-c2ccccc2)cc1. The summed E-state index contributed by atoms with van der Waals surface area (Å²) in [4.78, 5) is 0. The van der Waals surface area contributed by atoms with Crippen LogP contribution in [0.4, 0.5) is 0 Å². The van der Waals surface area contributed by atoms with Gasteiger partial charge in [-0.3, -0.25) is 4.21 Å². The average molecular weight is 301 g/mol. The van der Waals surface area contributed by atoms with Crippen molar-refractivity contribution in [1.82, 2.24) is 0 Å². The predicted molar refractivity (Wildman–Crippen MR) is 91.5 cm³/mol. The maximum atomic E-state index is 12.0. The van der Waals surface area contributed by atoms with Gasteiger partial charge in [0, 0.05) is 28.3 Å². The molecule has 2 N–H and O–H groups in total. The minimum absolute atomic E-state index is 0.158. The first-order valence-electron chi connectivity index (χ1n) is 7.32. The Morgan fingerprint density at radius 1 is 0.905 bits per heavy atom. The predicted octanol–water partition coefficient (Wildman–Crippen LogP) is 3.76. The van der Waals surface area contributed by atoms with E-state index in [9.17, 15) is 4.21 Å². The van der Waals surface area contributed by atoms with Gasteiger partial charge in [-0.25, -0.2) is 0 Å². The van der Waals surface area contributed by atoms with Crippen LogP contribution in [0.2, 0.25) is 0 Å². The van der Waals surface area contributed by atoms with Gasteiger partial charge in [0.05, 0.1) is 0 Å². The Labute approximate surface area is 129 Å². The van der Waals surface area contributed by atoms with E-state index in [0.717, 1.165) is 11.3 Å². The summed E-state index contributed by atoms with van der Waals surface area (Å²) < 4.78 is 12.0. The number of benzene rings is 2. The van der Waals surface area contributed by atoms with E-state index in [-0.39, 0.29) is 6.04 Å². The number of hydrogen-bond acceptors (Lipinski definition) is 2. The van der Waals surface area contributed by atoms with E-state index in [4.69, 9.17) is 5.73 Å². The molecule has 112 valence electrons. The first-order valence-corrected chi connectivity index (χ1v) is 8.81. The molecule has 0 heterocycles. The molecule has 2 rings (SSSR count). The van der Waals surface area contributed by atoms with Crippen molar-refractivity contribution in [3.05, 3.63) is 60.2 Å². The Morgan fingerprint density at radius 2 is 1.48 bits per heavy atom. The molecule has 0 aromatic heterocycles. The number of rotatable bonds is 6. The van der Waals surface area contributed by atoms with Crippen molar-refractivity contribution in [2.75, 3.05) is 11.5 Å². The molecule has 21 heavy (non-hydrogen) atoms. The van der Waals surface area contributed by atoms with Crippen molar-refractivity contribution in [3.63, 3.8) is 0 Å². The van der Waals surface area contributed by atoms with Crippen molar-refractivity contribution >= 4 is 10.8 Å². The summed E-state index contributed by atoms with van der Waals surface area (Å²) in [7, 11) is -0.847. The highest BCUT2D eigenvalue weighted by molar-refractivity contribution is 7.85. The van der Waals surface area contributed by atoms with Gasteiger partial charge in [-0.2, -0.15) is 0 Å². The highest BCUT2D eigenvalue weighted by atomic mass is 32.2. The van der Waals surface area contributed by atoms with Crippen LogP contribution >= 0.6 is 0 Å². The third-order valence-electron chi connectivity index (χ3n) is 3.33. The van der Waals surface area contributed by atoms with Gasteiger partial charge in [0.15, 0.2) is 0 Å². The van der Waals surface area contributed by atoms with E-state index >= 15 is 0 Å². The molecule has 0 spiro atoms. The van der Waals surface area contributed by atoms with Gasteiger partial charge in [0.2, 0.25) is 0 Å². The zero-order valence-electron chi connectivity index (χ0n) is 12.7. The Bertz CT molecular complexity index is 578. The van der Waals surface area contributed by atoms with Gasteiger partial charge in [0.1, 0.15) is 0 Å². The van der Waals surface area contributed by atoms with Crippen molar-refractivity contribution in [3.8, 4) is 11.1 Å². The van der Waals surface area contributed by atoms with E-state index in [1.807, 2.05) is 30.3 Å². The highest BCUT2D eigenvalue weighted by Gasteiger charge is 2.12. The molecule has 2 unspecified atom stereocenters. The lowest BCUT2D eigenvalue weighted by Crippen LogP contribution is -2.21. The molecule has 0 aliphatic heterocycles. The average Bonchev–Trinajstić information content (AvgIpc) is 2.47. The summed E-state index contributed by atoms with van der Waals surface area (Å²) in [5, 5.41) is 0. The van der Waals surface area contributed by atoms with E-state index < -0.39 is 10.8 Å². The minimum Gasteiger partial charge on any atom is -0.323 e. The fourth-order valence-electron chi connectivity index (χ4n) is 2.29. The fourth-order valence-corrected chi connectivity index (χ4v) is 3.76. The van der Waals surface area contributed by atoms with Crippen molar-refractivity contribution < 1.29 is 4.21 Å². The maximum absolute atomic E-state index is 12.0. The highest BCUT2D eigenvalue weighted by Crippen LogP contribution is 2.21. The zero-order chi connectivity index (χ0) is 15.2. The Morgan fingerprint density at radius 3 is 2.05 bits per heavy atom. The summed E-state index contributed by atoms with van der Waals surface area (Å²) in [6.07, 6.45) is 0. The summed E-state index contributed by atoms with van der Waals surface area (Å²) >= 11 is 0. The molecule has 0 aliphatic carbocycles. The van der Waals surface area contributed by atoms with Crippen molar-refractivity contribution in [2.24, 2.45) is 11.7 Å². The molecule has 2 nitrogen and oxygen atoms in total. The molecule has 0 radical (unpaired) electrons. The molecular weight excluding hydrogens is 278 g/mol. The molecule has 0 fully saturated rings. The monoisotopic (exact) mass is 301 g/mol. The topological polar surface area (TPSA) is 43.1 Å². The minimum atomic E-state index is -0.847. The number of nitrogens with two attached hydrogens (primary N) is 1. The van der Waals surface area contributed by atoms with Gasteiger partial charge in [-0.05, 0) is 22.6 Å². The summed E-state index contributed by atoms with van der Waals surface area (Å²) in [6.45, 7) is 4.16. The lowest BCUT2D eigenvalue weighted by molar-refractivity contribution is 0.657. The van der Waals surface area contributed by atoms with Crippen LogP contribution in [0.15, 0.2) is 54.6 Å². The lowest BCUT2D eigenvalue weighted by Gasteiger charge is -2.13. The molecule has 0 bridgehead atoms. The first-order chi connectivity index (χ1) is 10.1. The second kappa shape index (κ2) is 7.53. The Kier molecular flexibility index (Phi) is 5.71. The zero-order valence-corrected chi connectivity index (χ0v) is 13.5. The second-order valence-corrected chi connectivity index (χ2v) is 7.31. The van der Waals surface area contributed by atoms with Crippen molar-refractivity contribution in [1.29, 1.82) is 0 Å². The maximum Gasteiger partial charge on any atom is 0.0428 e. The van der Waals surface area contributed by atoms with E-state index in [0.29, 0.717) is 11.7 Å². The second-order valence-electron chi connectivity index (χ2n) is 5.76. The van der Waals surface area contributed by atoms with Crippen LogP contribution in [0.5, 0.6) is 0 Å². The van der Waals surface area contributed by atoms with Crippen LogP contribution in [0.1, 0.15) is 25.5 Å². The molecule has 0 saturated heterocycles. The van der Waals surface area contributed by atoms with Crippen molar-refractivity contribution in [2.45, 2.75) is 19.9 Å². The summed E-state index contributed by atoms with van der Waals surface area (Å²) in [5.41, 5.74) is 9.59. The quantitative estimate of drug-likeness (QED) is 0.883. The van der Waals surface area contributed by atoms with Crippen LogP contribution in [0.25, 0.3) is 11.1 Å². The first kappa shape index (κ1) is 15.9. The normalized spacial score (nSPS) is 14.1. The summed E-state index contributed by atoms with van der Waals surface area (Å²) in [5.74, 6) is 1.69. The third-order valence-corrected chi connectivity index (χ3v) is 5.10. The molecule has 2 aromatic rings. The molecule has 0 saturated carbocycles. The van der Waals surface area contributed by atoms with Gasteiger partial charge in [0.25, 0.3) is 0 Å². The molecule has 3 heteroatoms. The smallest absolute Gasteiger partial charge is 0.0428 e. The number of hydrogen-bond donors (Lipinski definition) is 1. The van der Waals surface area contributed by atoms with Gasteiger partial charge >= 0.3 is 0 Å². The molecule has 0 aliphatic rings. The van der Waals surface area contributed by atoms with Gasteiger partial charge in [-0.15, -0.1) is 0 Å². The largest absolute Gasteiger partial charge is 0.323 e. The molecule has 2 atom stereocenters. The van der Waals surface area contributed by atoms with Crippen LogP contribution < -0.4 is 5.73 Å². The Hall–Kier alpha value is -1.45. The fraction of sp³-hybridized carbons (Fsp3) is 0.333. The van der Waals surface area contributed by atoms with E-state index in [2.05, 4.69) is 38.1 Å². The lowest BCUT2D eigenvalue weighted by atomic mass is 10.0. The van der Waals surface area contributed by atoms with E-state index in [1.165, 1.54) is 11.1 Å². The van der Waals surface area contributed by atoms with Crippen LogP contribution in [0.3, 0.4) is 0 Å². The molecular formula is C18H23NOS. The molecule has 0 amide bonds. The van der Waals surface area contributed by atoms with E-state index in [1.54, 1.807) is 0 Å². The standard InChI is InChI=1S/C18H23NOS/c1-14(2)12-21(20)13-18(19)17-10-8-16(9-11-17)15-6-4-3-5-7-15/h3-11,14,18H,12-13,19H2,1-2H3. The Balaban J connectivity index is 2.03. The van der Waals surface area contributed by atoms with Crippen LogP contribution in [-0.2, 0) is 10.8 Å².